The number of benzene rings is 1. The van der Waals surface area contributed by atoms with Crippen LogP contribution in [0, 0.1) is 18.3 Å². The number of aromatic nitrogens is 1. The van der Waals surface area contributed by atoms with Gasteiger partial charge in [-0.3, -0.25) is 0 Å². The molecule has 90 valence electrons. The van der Waals surface area contributed by atoms with Crippen LogP contribution < -0.4 is 5.43 Å². The molecule has 0 fully saturated rings. The van der Waals surface area contributed by atoms with Gasteiger partial charge in [0.05, 0.1) is 6.21 Å². The number of anilines is 1. The fourth-order valence-corrected chi connectivity index (χ4v) is 1.42. The largest absolute Gasteiger partial charge is 0.422 e. The number of nitrogens with zero attached hydrogens (tertiary/aromatic N) is 3. The van der Waals surface area contributed by atoms with Crippen molar-refractivity contribution in [2.24, 2.45) is 5.10 Å². The van der Waals surface area contributed by atoms with Gasteiger partial charge in [0, 0.05) is 11.9 Å². The van der Waals surface area contributed by atoms with Crippen molar-refractivity contribution in [1.82, 2.24) is 4.98 Å². The third-order valence-corrected chi connectivity index (χ3v) is 2.34. The van der Waals surface area contributed by atoms with Crippen LogP contribution in [0.5, 0.6) is 0 Å². The summed E-state index contributed by atoms with van der Waals surface area (Å²) in [7, 11) is 0. The highest BCUT2D eigenvalue weighted by molar-refractivity contribution is 6.30. The van der Waals surface area contributed by atoms with Crippen molar-refractivity contribution in [1.29, 1.82) is 5.26 Å². The number of aryl methyl sites for hydroxylation is 1. The zero-order valence-electron chi connectivity index (χ0n) is 9.51. The van der Waals surface area contributed by atoms with E-state index in [9.17, 15) is 0 Å². The Morgan fingerprint density at radius 1 is 1.44 bits per heavy atom. The summed E-state index contributed by atoms with van der Waals surface area (Å²) in [6, 6.07) is 9.09. The lowest BCUT2D eigenvalue weighted by molar-refractivity contribution is 0.533. The molecule has 0 unspecified atom stereocenters. The van der Waals surface area contributed by atoms with E-state index in [1.165, 1.54) is 0 Å². The maximum atomic E-state index is 8.80. The van der Waals surface area contributed by atoms with E-state index in [0.717, 1.165) is 5.56 Å². The standard InChI is InChI=1S/C12H9ClN4O/c1-8-16-11(6-14)12(18-8)17-15-7-9-2-4-10(13)5-3-9/h2-5,7,17H,1H3. The Bertz CT molecular complexity index is 610. The highest BCUT2D eigenvalue weighted by atomic mass is 35.5. The minimum Gasteiger partial charge on any atom is -0.422 e. The number of nitriles is 1. The van der Waals surface area contributed by atoms with Crippen LogP contribution in [0.2, 0.25) is 5.02 Å². The molecule has 0 saturated heterocycles. The molecule has 2 aromatic rings. The van der Waals surface area contributed by atoms with Gasteiger partial charge in [-0.1, -0.05) is 23.7 Å². The average molecular weight is 261 g/mol. The van der Waals surface area contributed by atoms with Crippen molar-refractivity contribution in [2.75, 3.05) is 5.43 Å². The highest BCUT2D eigenvalue weighted by Gasteiger charge is 2.08. The first-order valence-electron chi connectivity index (χ1n) is 5.11. The Kier molecular flexibility index (Phi) is 3.60. The number of rotatable bonds is 3. The maximum absolute atomic E-state index is 8.80. The number of oxazole rings is 1. The number of hydrogen-bond acceptors (Lipinski definition) is 5. The number of halogens is 1. The van der Waals surface area contributed by atoms with Crippen LogP contribution in [0.25, 0.3) is 0 Å². The van der Waals surface area contributed by atoms with Gasteiger partial charge >= 0.3 is 0 Å². The molecule has 1 N–H and O–H groups in total. The molecule has 0 aliphatic heterocycles. The van der Waals surface area contributed by atoms with E-state index in [4.69, 9.17) is 21.3 Å². The highest BCUT2D eigenvalue weighted by Crippen LogP contribution is 2.15. The first-order valence-corrected chi connectivity index (χ1v) is 5.49. The van der Waals surface area contributed by atoms with Gasteiger partial charge in [0.2, 0.25) is 5.69 Å². The van der Waals surface area contributed by atoms with Gasteiger partial charge in [-0.05, 0) is 17.7 Å². The van der Waals surface area contributed by atoms with E-state index in [1.54, 1.807) is 25.3 Å². The summed E-state index contributed by atoms with van der Waals surface area (Å²) in [5.41, 5.74) is 3.69. The zero-order chi connectivity index (χ0) is 13.0. The molecular formula is C12H9ClN4O. The number of nitrogens with one attached hydrogen (secondary N) is 1. The van der Waals surface area contributed by atoms with E-state index in [2.05, 4.69) is 15.5 Å². The van der Waals surface area contributed by atoms with Crippen LogP contribution in [0.4, 0.5) is 5.88 Å². The van der Waals surface area contributed by atoms with Crippen LogP contribution in [0.15, 0.2) is 33.8 Å². The summed E-state index contributed by atoms with van der Waals surface area (Å²) < 4.78 is 5.18. The molecule has 0 aliphatic rings. The van der Waals surface area contributed by atoms with Crippen molar-refractivity contribution < 1.29 is 4.42 Å². The molecule has 2 rings (SSSR count). The summed E-state index contributed by atoms with van der Waals surface area (Å²) >= 11 is 5.76. The van der Waals surface area contributed by atoms with Crippen molar-refractivity contribution in [2.45, 2.75) is 6.92 Å². The second-order valence-electron chi connectivity index (χ2n) is 3.44. The summed E-state index contributed by atoms with van der Waals surface area (Å²) in [4.78, 5) is 3.88. The first-order chi connectivity index (χ1) is 8.69. The van der Waals surface area contributed by atoms with Gasteiger partial charge in [-0.15, -0.1) is 0 Å². The van der Waals surface area contributed by atoms with E-state index in [1.807, 2.05) is 18.2 Å². The van der Waals surface area contributed by atoms with E-state index < -0.39 is 0 Å². The molecule has 5 nitrogen and oxygen atoms in total. The second-order valence-corrected chi connectivity index (χ2v) is 3.88. The van der Waals surface area contributed by atoms with Crippen LogP contribution in [0.1, 0.15) is 17.1 Å². The lowest BCUT2D eigenvalue weighted by Crippen LogP contribution is -1.91. The molecule has 0 radical (unpaired) electrons. The van der Waals surface area contributed by atoms with Crippen molar-refractivity contribution in [3.63, 3.8) is 0 Å². The monoisotopic (exact) mass is 260 g/mol. The Morgan fingerprint density at radius 2 is 2.17 bits per heavy atom. The predicted molar refractivity (Wildman–Crippen MR) is 68.6 cm³/mol. The minimum atomic E-state index is 0.181. The van der Waals surface area contributed by atoms with Crippen molar-refractivity contribution >= 4 is 23.7 Å². The van der Waals surface area contributed by atoms with Gasteiger partial charge in [-0.2, -0.15) is 10.4 Å². The molecule has 1 aromatic heterocycles. The summed E-state index contributed by atoms with van der Waals surface area (Å²) in [6.07, 6.45) is 1.59. The Labute approximate surface area is 109 Å². The predicted octanol–water partition coefficient (Wildman–Crippen LogP) is 2.95. The summed E-state index contributed by atoms with van der Waals surface area (Å²) in [5, 5.41) is 13.4. The van der Waals surface area contributed by atoms with E-state index in [0.29, 0.717) is 10.9 Å². The van der Waals surface area contributed by atoms with Crippen LogP contribution >= 0.6 is 11.6 Å². The summed E-state index contributed by atoms with van der Waals surface area (Å²) in [5.74, 6) is 0.649. The molecule has 0 amide bonds. The van der Waals surface area contributed by atoms with Crippen LogP contribution in [-0.4, -0.2) is 11.2 Å². The van der Waals surface area contributed by atoms with Gasteiger partial charge in [0.15, 0.2) is 5.89 Å². The molecule has 0 atom stereocenters. The Hall–Kier alpha value is -2.32. The SMILES string of the molecule is Cc1nc(C#N)c(NN=Cc2ccc(Cl)cc2)o1. The van der Waals surface area contributed by atoms with Gasteiger partial charge in [-0.25, -0.2) is 10.4 Å². The zero-order valence-corrected chi connectivity index (χ0v) is 10.3. The molecule has 1 heterocycles. The lowest BCUT2D eigenvalue weighted by atomic mass is 10.2. The molecule has 6 heteroatoms. The number of hydrazone groups is 1. The van der Waals surface area contributed by atoms with Crippen LogP contribution in [-0.2, 0) is 0 Å². The van der Waals surface area contributed by atoms with Gasteiger partial charge in [0.1, 0.15) is 6.07 Å². The second kappa shape index (κ2) is 5.34. The topological polar surface area (TPSA) is 74.2 Å². The van der Waals surface area contributed by atoms with Crippen molar-refractivity contribution in [3.8, 4) is 6.07 Å². The maximum Gasteiger partial charge on any atom is 0.252 e. The molecule has 0 spiro atoms. The third-order valence-electron chi connectivity index (χ3n) is 2.09. The fraction of sp³-hybridized carbons (Fsp3) is 0.0833. The quantitative estimate of drug-likeness (QED) is 0.680. The van der Waals surface area contributed by atoms with E-state index >= 15 is 0 Å². The Morgan fingerprint density at radius 3 is 2.83 bits per heavy atom. The minimum absolute atomic E-state index is 0.181. The Balaban J connectivity index is 2.07. The molecule has 1 aromatic carbocycles. The summed E-state index contributed by atoms with van der Waals surface area (Å²) in [6.45, 7) is 1.66. The smallest absolute Gasteiger partial charge is 0.252 e. The molecule has 0 bridgehead atoms. The lowest BCUT2D eigenvalue weighted by Gasteiger charge is -1.95. The van der Waals surface area contributed by atoms with E-state index in [-0.39, 0.29) is 11.6 Å². The van der Waals surface area contributed by atoms with Crippen molar-refractivity contribution in [3.05, 3.63) is 46.4 Å². The molecule has 18 heavy (non-hydrogen) atoms. The third kappa shape index (κ3) is 2.87. The van der Waals surface area contributed by atoms with Gasteiger partial charge in [0.25, 0.3) is 5.88 Å². The fourth-order valence-electron chi connectivity index (χ4n) is 1.29. The molecule has 0 aliphatic carbocycles. The molecular weight excluding hydrogens is 252 g/mol. The average Bonchev–Trinajstić information content (AvgIpc) is 2.72. The van der Waals surface area contributed by atoms with Crippen LogP contribution in [0.3, 0.4) is 0 Å². The number of hydrogen-bond donors (Lipinski definition) is 1. The normalized spacial score (nSPS) is 10.5. The first kappa shape index (κ1) is 12.1. The molecule has 0 saturated carbocycles. The van der Waals surface area contributed by atoms with Gasteiger partial charge < -0.3 is 4.42 Å².